The summed E-state index contributed by atoms with van der Waals surface area (Å²) < 4.78 is 68.0. The lowest BCUT2D eigenvalue weighted by Gasteiger charge is -2.30. The van der Waals surface area contributed by atoms with Gasteiger partial charge in [-0.2, -0.15) is 13.2 Å². The third-order valence-electron chi connectivity index (χ3n) is 6.33. The molecule has 4 rings (SSSR count). The molecule has 1 aliphatic rings. The molecule has 0 atom stereocenters. The molecule has 0 radical (unpaired) electrons. The second-order valence-electron chi connectivity index (χ2n) is 9.05. The molecule has 3 aromatic rings. The highest BCUT2D eigenvalue weighted by Gasteiger charge is 2.36. The first-order valence-corrected chi connectivity index (χ1v) is 14.4. The number of imidazole rings is 1. The van der Waals surface area contributed by atoms with Crippen LogP contribution in [0.3, 0.4) is 0 Å². The van der Waals surface area contributed by atoms with E-state index >= 15 is 0 Å². The summed E-state index contributed by atoms with van der Waals surface area (Å²) in [5, 5.41) is 6.78. The molecule has 0 spiro atoms. The molecule has 9 nitrogen and oxygen atoms in total. The van der Waals surface area contributed by atoms with Crippen molar-refractivity contribution in [2.45, 2.75) is 38.4 Å². The summed E-state index contributed by atoms with van der Waals surface area (Å²) in [6.45, 7) is 4.20. The van der Waals surface area contributed by atoms with Gasteiger partial charge in [-0.25, -0.2) is 27.7 Å². The van der Waals surface area contributed by atoms with Gasteiger partial charge in [0.15, 0.2) is 0 Å². The van der Waals surface area contributed by atoms with Crippen LogP contribution in [0.15, 0.2) is 36.9 Å². The summed E-state index contributed by atoms with van der Waals surface area (Å²) in [5.74, 6) is 0.0174. The predicted molar refractivity (Wildman–Crippen MR) is 140 cm³/mol. The van der Waals surface area contributed by atoms with Crippen molar-refractivity contribution in [3.05, 3.63) is 53.1 Å². The number of rotatable bonds is 9. The normalized spacial score (nSPS) is 15.6. The van der Waals surface area contributed by atoms with Gasteiger partial charge in [0.05, 0.1) is 17.0 Å². The van der Waals surface area contributed by atoms with Gasteiger partial charge in [0.2, 0.25) is 16.0 Å². The lowest BCUT2D eigenvalue weighted by molar-refractivity contribution is -0.137. The van der Waals surface area contributed by atoms with E-state index in [9.17, 15) is 21.6 Å². The number of alkyl halides is 3. The molecule has 1 aliphatic heterocycles. The number of likely N-dealkylation sites (N-methyl/N-ethyl adjacent to an activating group) is 1. The SMILES string of the molecule is CCNCCc1cccc(-n2cnc(-c3nc(NC4CCN(S(C)(=O)=O)CC4)ncc3C(F)(F)F)c2)c1Cl. The molecule has 0 aliphatic carbocycles. The Labute approximate surface area is 224 Å². The topological polar surface area (TPSA) is 105 Å². The van der Waals surface area contributed by atoms with Crippen LogP contribution in [0.4, 0.5) is 19.1 Å². The Morgan fingerprint density at radius 3 is 2.58 bits per heavy atom. The number of hydrogen-bond donors (Lipinski definition) is 2. The van der Waals surface area contributed by atoms with Gasteiger partial charge in [0.25, 0.3) is 0 Å². The molecule has 0 saturated carbocycles. The number of halogens is 4. The van der Waals surface area contributed by atoms with Gasteiger partial charge in [-0.05, 0) is 44.0 Å². The average Bonchev–Trinajstić information content (AvgIpc) is 3.34. The summed E-state index contributed by atoms with van der Waals surface area (Å²) in [5.41, 5.74) is 0.154. The molecule has 0 bridgehead atoms. The van der Waals surface area contributed by atoms with Crippen LogP contribution in [0, 0.1) is 0 Å². The zero-order valence-corrected chi connectivity index (χ0v) is 22.5. The fourth-order valence-electron chi connectivity index (χ4n) is 4.30. The summed E-state index contributed by atoms with van der Waals surface area (Å²) in [4.78, 5) is 12.3. The van der Waals surface area contributed by atoms with E-state index < -0.39 is 21.8 Å². The van der Waals surface area contributed by atoms with Gasteiger partial charge < -0.3 is 15.2 Å². The lowest BCUT2D eigenvalue weighted by atomic mass is 10.1. The zero-order chi connectivity index (χ0) is 27.5. The Kier molecular flexibility index (Phi) is 8.60. The van der Waals surface area contributed by atoms with Crippen LogP contribution in [0.2, 0.25) is 5.02 Å². The molecule has 2 N–H and O–H groups in total. The number of nitrogens with one attached hydrogen (secondary N) is 2. The van der Waals surface area contributed by atoms with Gasteiger partial charge in [-0.15, -0.1) is 0 Å². The molecule has 14 heteroatoms. The monoisotopic (exact) mass is 571 g/mol. The van der Waals surface area contributed by atoms with Crippen LogP contribution in [-0.2, 0) is 22.6 Å². The number of sulfonamides is 1. The van der Waals surface area contributed by atoms with Gasteiger partial charge in [0.1, 0.15) is 23.3 Å². The zero-order valence-electron chi connectivity index (χ0n) is 21.0. The highest BCUT2D eigenvalue weighted by molar-refractivity contribution is 7.88. The Morgan fingerprint density at radius 1 is 1.18 bits per heavy atom. The molecule has 1 fully saturated rings. The number of anilines is 1. The van der Waals surface area contributed by atoms with Crippen molar-refractivity contribution in [3.8, 4) is 17.1 Å². The molecule has 1 saturated heterocycles. The number of aromatic nitrogens is 4. The van der Waals surface area contributed by atoms with E-state index in [0.717, 1.165) is 31.1 Å². The fourth-order valence-corrected chi connectivity index (χ4v) is 5.50. The van der Waals surface area contributed by atoms with Crippen molar-refractivity contribution < 1.29 is 21.6 Å². The third kappa shape index (κ3) is 6.63. The maximum absolute atomic E-state index is 13.8. The molecule has 206 valence electrons. The molecule has 0 amide bonds. The smallest absolute Gasteiger partial charge is 0.351 e. The number of benzene rings is 1. The number of piperidine rings is 1. The Hall–Kier alpha value is -2.74. The highest BCUT2D eigenvalue weighted by Crippen LogP contribution is 2.36. The minimum atomic E-state index is -4.69. The van der Waals surface area contributed by atoms with Crippen LogP contribution >= 0.6 is 11.6 Å². The van der Waals surface area contributed by atoms with Crippen molar-refractivity contribution in [1.29, 1.82) is 0 Å². The van der Waals surface area contributed by atoms with E-state index in [2.05, 4.69) is 25.6 Å². The second kappa shape index (κ2) is 11.6. The molecule has 1 aromatic carbocycles. The van der Waals surface area contributed by atoms with E-state index in [1.165, 1.54) is 16.8 Å². The standard InChI is InChI=1S/C24H29ClF3N7O2S/c1-3-29-10-7-16-5-4-6-20(21(16)25)34-14-19(31-15-34)22-18(24(26,27)28)13-30-23(33-22)32-17-8-11-35(12-9-17)38(2,36)37/h4-6,13-15,17,29H,3,7-12H2,1-2H3,(H,30,32,33). The van der Waals surface area contributed by atoms with Crippen molar-refractivity contribution in [3.63, 3.8) is 0 Å². The second-order valence-corrected chi connectivity index (χ2v) is 11.4. The van der Waals surface area contributed by atoms with Crippen LogP contribution in [0.5, 0.6) is 0 Å². The van der Waals surface area contributed by atoms with Crippen LogP contribution in [0.25, 0.3) is 17.1 Å². The Balaban J connectivity index is 1.60. The summed E-state index contributed by atoms with van der Waals surface area (Å²) in [6.07, 6.45) is 1.71. The van der Waals surface area contributed by atoms with Crippen LogP contribution in [-0.4, -0.2) is 70.7 Å². The van der Waals surface area contributed by atoms with Gasteiger partial charge >= 0.3 is 6.18 Å². The quantitative estimate of drug-likeness (QED) is 0.374. The molecular weight excluding hydrogens is 543 g/mol. The van der Waals surface area contributed by atoms with Crippen molar-refractivity contribution >= 4 is 27.6 Å². The first kappa shape index (κ1) is 28.3. The third-order valence-corrected chi connectivity index (χ3v) is 8.07. The van der Waals surface area contributed by atoms with Crippen LogP contribution < -0.4 is 10.6 Å². The summed E-state index contributed by atoms with van der Waals surface area (Å²) in [6, 6.07) is 5.33. The molecule has 0 unspecified atom stereocenters. The largest absolute Gasteiger partial charge is 0.420 e. The van der Waals surface area contributed by atoms with E-state index in [4.69, 9.17) is 11.6 Å². The molecule has 2 aromatic heterocycles. The highest BCUT2D eigenvalue weighted by atomic mass is 35.5. The van der Waals surface area contributed by atoms with Crippen molar-refractivity contribution in [2.24, 2.45) is 0 Å². The first-order valence-electron chi connectivity index (χ1n) is 12.2. The number of hydrogen-bond acceptors (Lipinski definition) is 7. The Bertz CT molecular complexity index is 1370. The van der Waals surface area contributed by atoms with Gasteiger partial charge in [-0.3, -0.25) is 0 Å². The van der Waals surface area contributed by atoms with Crippen LogP contribution in [0.1, 0.15) is 30.9 Å². The fraction of sp³-hybridized carbons (Fsp3) is 0.458. The predicted octanol–water partition coefficient (Wildman–Crippen LogP) is 3.99. The van der Waals surface area contributed by atoms with E-state index in [0.29, 0.717) is 43.1 Å². The minimum absolute atomic E-state index is 0.0174. The lowest BCUT2D eigenvalue weighted by Crippen LogP contribution is -2.42. The van der Waals surface area contributed by atoms with Gasteiger partial charge in [0, 0.05) is 31.5 Å². The maximum atomic E-state index is 13.8. The molecule has 3 heterocycles. The van der Waals surface area contributed by atoms with E-state index in [-0.39, 0.29) is 23.4 Å². The van der Waals surface area contributed by atoms with Gasteiger partial charge in [-0.1, -0.05) is 30.7 Å². The van der Waals surface area contributed by atoms with Crippen molar-refractivity contribution in [2.75, 3.05) is 37.8 Å². The van der Waals surface area contributed by atoms with E-state index in [1.807, 2.05) is 19.1 Å². The number of nitrogens with zero attached hydrogens (tertiary/aromatic N) is 5. The van der Waals surface area contributed by atoms with Crippen molar-refractivity contribution in [1.82, 2.24) is 29.1 Å². The van der Waals surface area contributed by atoms with E-state index in [1.54, 1.807) is 10.6 Å². The first-order chi connectivity index (χ1) is 18.0. The summed E-state index contributed by atoms with van der Waals surface area (Å²) in [7, 11) is -3.29. The summed E-state index contributed by atoms with van der Waals surface area (Å²) >= 11 is 6.62. The minimum Gasteiger partial charge on any atom is -0.351 e. The Morgan fingerprint density at radius 2 is 1.92 bits per heavy atom. The molecule has 38 heavy (non-hydrogen) atoms. The average molecular weight is 572 g/mol. The molecular formula is C24H29ClF3N7O2S. The maximum Gasteiger partial charge on any atom is 0.420 e.